The number of rotatable bonds is 7. The largest absolute Gasteiger partial charge is 1.00 e. The summed E-state index contributed by atoms with van der Waals surface area (Å²) >= 11 is 0. The zero-order chi connectivity index (χ0) is 15.1. The summed E-state index contributed by atoms with van der Waals surface area (Å²) in [5, 5.41) is 12.3. The van der Waals surface area contributed by atoms with Crippen LogP contribution in [0.1, 0.15) is 34.8 Å². The molecule has 4 heteroatoms. The highest BCUT2D eigenvalue weighted by molar-refractivity contribution is 5.87. The first kappa shape index (κ1) is 18.2. The Hall–Kier alpha value is -1.84. The van der Waals surface area contributed by atoms with Crippen LogP contribution in [0.3, 0.4) is 0 Å². The van der Waals surface area contributed by atoms with Crippen molar-refractivity contribution in [2.75, 3.05) is 0 Å². The van der Waals surface area contributed by atoms with E-state index in [4.69, 9.17) is 5.11 Å². The normalized spacial score (nSPS) is 11.5. The highest BCUT2D eigenvalue weighted by Crippen LogP contribution is 2.07. The summed E-state index contributed by atoms with van der Waals surface area (Å²) in [6.45, 7) is 2.93. The molecule has 0 aliphatic carbocycles. The average molecular weight is 319 g/mol. The van der Waals surface area contributed by atoms with Gasteiger partial charge in [0.2, 0.25) is 0 Å². The first-order valence-electron chi connectivity index (χ1n) is 7.24. The van der Waals surface area contributed by atoms with Gasteiger partial charge in [-0.1, -0.05) is 42.5 Å². The Labute approximate surface area is 137 Å². The van der Waals surface area contributed by atoms with Gasteiger partial charge in [0.15, 0.2) is 0 Å². The monoisotopic (exact) mass is 318 g/mol. The maximum atomic E-state index is 10.8. The van der Waals surface area contributed by atoms with Crippen molar-refractivity contribution in [1.82, 2.24) is 5.32 Å². The molecule has 2 aromatic carbocycles. The zero-order valence-electron chi connectivity index (χ0n) is 12.6. The van der Waals surface area contributed by atoms with Crippen LogP contribution < -0.4 is 17.7 Å². The number of benzene rings is 2. The van der Waals surface area contributed by atoms with E-state index >= 15 is 0 Å². The first-order valence-corrected chi connectivity index (χ1v) is 7.24. The van der Waals surface area contributed by atoms with Crippen molar-refractivity contribution in [3.8, 4) is 0 Å². The standard InChI is InChI=1S/C18H21NO2.ClH/c1-14(7-8-15-5-3-2-4-6-15)19-13-16-9-11-17(12-10-16)18(20)21;/h2-6,9-12,14,19H,7-8,13H2,1H3,(H,20,21);1H/p-1. The van der Waals surface area contributed by atoms with Gasteiger partial charge in [-0.05, 0) is 43.0 Å². The van der Waals surface area contributed by atoms with Crippen LogP contribution in [0.2, 0.25) is 0 Å². The van der Waals surface area contributed by atoms with Crippen molar-refractivity contribution < 1.29 is 22.3 Å². The molecular weight excluding hydrogens is 298 g/mol. The number of halogens is 1. The Bertz CT molecular complexity index is 569. The molecule has 0 radical (unpaired) electrons. The Kier molecular flexibility index (Phi) is 7.64. The van der Waals surface area contributed by atoms with E-state index in [9.17, 15) is 4.79 Å². The molecule has 0 fully saturated rings. The molecule has 118 valence electrons. The van der Waals surface area contributed by atoms with Gasteiger partial charge in [0.1, 0.15) is 0 Å². The molecule has 0 saturated heterocycles. The number of carboxylic acid groups (broad SMARTS) is 1. The molecular formula is C18H21ClNO2-. The van der Waals surface area contributed by atoms with Crippen molar-refractivity contribution in [2.24, 2.45) is 0 Å². The number of nitrogens with one attached hydrogen (secondary N) is 1. The predicted molar refractivity (Wildman–Crippen MR) is 84.5 cm³/mol. The lowest BCUT2D eigenvalue weighted by atomic mass is 10.1. The second-order valence-electron chi connectivity index (χ2n) is 5.31. The Balaban J connectivity index is 0.00000242. The molecule has 2 N–H and O–H groups in total. The fraction of sp³-hybridized carbons (Fsp3) is 0.278. The molecule has 0 bridgehead atoms. The van der Waals surface area contributed by atoms with Gasteiger partial charge < -0.3 is 22.8 Å². The minimum Gasteiger partial charge on any atom is -1.00 e. The second-order valence-corrected chi connectivity index (χ2v) is 5.31. The quantitative estimate of drug-likeness (QED) is 0.781. The van der Waals surface area contributed by atoms with Crippen molar-refractivity contribution in [2.45, 2.75) is 32.4 Å². The lowest BCUT2D eigenvalue weighted by Crippen LogP contribution is -3.00. The van der Waals surface area contributed by atoms with Crippen LogP contribution in [0, 0.1) is 0 Å². The van der Waals surface area contributed by atoms with Gasteiger partial charge in [0.05, 0.1) is 5.56 Å². The summed E-state index contributed by atoms with van der Waals surface area (Å²) in [6.07, 6.45) is 2.14. The number of hydrogen-bond acceptors (Lipinski definition) is 2. The molecule has 0 aliphatic heterocycles. The minimum absolute atomic E-state index is 0. The lowest BCUT2D eigenvalue weighted by Gasteiger charge is -2.14. The number of carbonyl (C=O) groups is 1. The van der Waals surface area contributed by atoms with Gasteiger partial charge in [-0.3, -0.25) is 0 Å². The molecule has 22 heavy (non-hydrogen) atoms. The molecule has 0 aliphatic rings. The summed E-state index contributed by atoms with van der Waals surface area (Å²) in [5.41, 5.74) is 2.79. The van der Waals surface area contributed by atoms with Gasteiger partial charge in [-0.25, -0.2) is 4.79 Å². The van der Waals surface area contributed by atoms with E-state index in [0.717, 1.165) is 24.9 Å². The summed E-state index contributed by atoms with van der Waals surface area (Å²) < 4.78 is 0. The maximum absolute atomic E-state index is 10.8. The Morgan fingerprint density at radius 3 is 2.27 bits per heavy atom. The lowest BCUT2D eigenvalue weighted by molar-refractivity contribution is -0.0000199. The second kappa shape index (κ2) is 9.23. The molecule has 0 amide bonds. The summed E-state index contributed by atoms with van der Waals surface area (Å²) in [5.74, 6) is -0.884. The van der Waals surface area contributed by atoms with Gasteiger partial charge in [-0.15, -0.1) is 0 Å². The number of aryl methyl sites for hydroxylation is 1. The molecule has 2 rings (SSSR count). The SMILES string of the molecule is CC(CCc1ccccc1)NCc1ccc(C(=O)O)cc1.[Cl-]. The summed E-state index contributed by atoms with van der Waals surface area (Å²) in [4.78, 5) is 10.8. The smallest absolute Gasteiger partial charge is 0.335 e. The molecule has 3 nitrogen and oxygen atoms in total. The Morgan fingerprint density at radius 1 is 1.05 bits per heavy atom. The average Bonchev–Trinajstić information content (AvgIpc) is 2.52. The molecule has 0 saturated carbocycles. The number of carboxylic acids is 1. The summed E-state index contributed by atoms with van der Waals surface area (Å²) in [7, 11) is 0. The van der Waals surface area contributed by atoms with Crippen LogP contribution in [-0.4, -0.2) is 17.1 Å². The number of hydrogen-bond donors (Lipinski definition) is 2. The van der Waals surface area contributed by atoms with E-state index in [1.807, 2.05) is 18.2 Å². The molecule has 0 spiro atoms. The highest BCUT2D eigenvalue weighted by atomic mass is 35.5. The van der Waals surface area contributed by atoms with Gasteiger partial charge in [0, 0.05) is 12.6 Å². The summed E-state index contributed by atoms with van der Waals surface area (Å²) in [6, 6.07) is 17.9. The van der Waals surface area contributed by atoms with E-state index < -0.39 is 5.97 Å². The number of aromatic carboxylic acids is 1. The zero-order valence-corrected chi connectivity index (χ0v) is 13.4. The molecule has 1 unspecified atom stereocenters. The fourth-order valence-corrected chi connectivity index (χ4v) is 2.19. The van der Waals surface area contributed by atoms with Crippen LogP contribution >= 0.6 is 0 Å². The molecule has 0 aromatic heterocycles. The molecule has 1 atom stereocenters. The molecule has 2 aromatic rings. The van der Waals surface area contributed by atoms with Crippen LogP contribution in [0.4, 0.5) is 0 Å². The third kappa shape index (κ3) is 5.88. The van der Waals surface area contributed by atoms with Crippen molar-refractivity contribution in [1.29, 1.82) is 0 Å². The van der Waals surface area contributed by atoms with Crippen LogP contribution in [0.15, 0.2) is 54.6 Å². The highest BCUT2D eigenvalue weighted by Gasteiger charge is 2.04. The Morgan fingerprint density at radius 2 is 1.68 bits per heavy atom. The fourth-order valence-electron chi connectivity index (χ4n) is 2.19. The van der Waals surface area contributed by atoms with E-state index in [1.165, 1.54) is 5.56 Å². The van der Waals surface area contributed by atoms with Gasteiger partial charge in [0.25, 0.3) is 0 Å². The van der Waals surface area contributed by atoms with Crippen LogP contribution in [0.5, 0.6) is 0 Å². The predicted octanol–water partition coefficient (Wildman–Crippen LogP) is 0.500. The van der Waals surface area contributed by atoms with Gasteiger partial charge in [-0.2, -0.15) is 0 Å². The van der Waals surface area contributed by atoms with Crippen molar-refractivity contribution >= 4 is 5.97 Å². The van der Waals surface area contributed by atoms with Crippen LogP contribution in [-0.2, 0) is 13.0 Å². The van der Waals surface area contributed by atoms with Crippen LogP contribution in [0.25, 0.3) is 0 Å². The third-order valence-electron chi connectivity index (χ3n) is 3.56. The topological polar surface area (TPSA) is 49.3 Å². The van der Waals surface area contributed by atoms with E-state index in [2.05, 4.69) is 36.5 Å². The van der Waals surface area contributed by atoms with Crippen molar-refractivity contribution in [3.63, 3.8) is 0 Å². The van der Waals surface area contributed by atoms with Crippen molar-refractivity contribution in [3.05, 3.63) is 71.3 Å². The third-order valence-corrected chi connectivity index (χ3v) is 3.56. The van der Waals surface area contributed by atoms with E-state index in [0.29, 0.717) is 11.6 Å². The van der Waals surface area contributed by atoms with E-state index in [-0.39, 0.29) is 12.4 Å². The minimum atomic E-state index is -0.884. The maximum Gasteiger partial charge on any atom is 0.335 e. The first-order chi connectivity index (χ1) is 10.1. The van der Waals surface area contributed by atoms with Gasteiger partial charge >= 0.3 is 5.97 Å². The van der Waals surface area contributed by atoms with E-state index in [1.54, 1.807) is 12.1 Å². The molecule has 0 heterocycles.